The summed E-state index contributed by atoms with van der Waals surface area (Å²) < 4.78 is 19.6. The molecule has 0 atom stereocenters. The Bertz CT molecular complexity index is 534. The van der Waals surface area contributed by atoms with Crippen LogP contribution < -0.4 is 10.1 Å². The highest BCUT2D eigenvalue weighted by Gasteiger charge is 2.06. The van der Waals surface area contributed by atoms with Crippen LogP contribution in [0.5, 0.6) is 11.6 Å². The molecule has 1 aromatic carbocycles. The number of pyridine rings is 1. The lowest BCUT2D eigenvalue weighted by atomic mass is 10.3. The van der Waals surface area contributed by atoms with Crippen LogP contribution >= 0.6 is 15.9 Å². The summed E-state index contributed by atoms with van der Waals surface area (Å²) in [7, 11) is 1.76. The summed E-state index contributed by atoms with van der Waals surface area (Å²) in [6.07, 6.45) is 0. The van der Waals surface area contributed by atoms with Crippen LogP contribution in [0.15, 0.2) is 40.9 Å². The molecule has 1 heterocycles. The van der Waals surface area contributed by atoms with E-state index in [1.165, 1.54) is 6.07 Å². The van der Waals surface area contributed by atoms with E-state index in [-0.39, 0.29) is 5.75 Å². The van der Waals surface area contributed by atoms with E-state index in [0.29, 0.717) is 11.7 Å². The monoisotopic (exact) mass is 296 g/mol. The molecule has 0 unspecified atom stereocenters. The summed E-state index contributed by atoms with van der Waals surface area (Å²) in [6, 6.07) is 9.75. The minimum Gasteiger partial charge on any atom is -0.436 e. The average Bonchev–Trinajstić information content (AvgIpc) is 2.34. The molecule has 88 valence electrons. The van der Waals surface area contributed by atoms with Gasteiger partial charge in [-0.25, -0.2) is 4.39 Å². The van der Waals surface area contributed by atoms with Crippen molar-refractivity contribution in [2.24, 2.45) is 0 Å². The van der Waals surface area contributed by atoms with Crippen molar-refractivity contribution in [1.29, 1.82) is 0 Å². The Kier molecular flexibility index (Phi) is 3.58. The van der Waals surface area contributed by atoms with Gasteiger partial charge in [0.2, 0.25) is 5.88 Å². The van der Waals surface area contributed by atoms with Crippen LogP contribution in [0.3, 0.4) is 0 Å². The number of rotatable bonds is 3. The molecule has 0 bridgehead atoms. The Morgan fingerprint density at radius 1 is 1.29 bits per heavy atom. The molecule has 0 saturated carbocycles. The number of nitrogens with zero attached hydrogens (tertiary/aromatic N) is 1. The zero-order chi connectivity index (χ0) is 12.3. The fraction of sp³-hybridized carbons (Fsp3) is 0.0833. The van der Waals surface area contributed by atoms with Gasteiger partial charge in [0, 0.05) is 17.6 Å². The first-order chi connectivity index (χ1) is 8.19. The Morgan fingerprint density at radius 2 is 2.12 bits per heavy atom. The predicted octanol–water partition coefficient (Wildman–Crippen LogP) is 3.82. The number of nitrogens with one attached hydrogen (secondary N) is 1. The fourth-order valence-electron chi connectivity index (χ4n) is 1.28. The molecule has 0 aliphatic rings. The standard InChI is InChI=1S/C12H10BrFN2O/c1-15-11-3-2-4-12(16-11)17-10-7-8(13)5-6-9(10)14/h2-7H,1H3,(H,15,16). The first-order valence-corrected chi connectivity index (χ1v) is 5.76. The van der Waals surface area contributed by atoms with E-state index >= 15 is 0 Å². The van der Waals surface area contributed by atoms with Gasteiger partial charge in [0.1, 0.15) is 5.82 Å². The molecule has 0 radical (unpaired) electrons. The maximum absolute atomic E-state index is 13.4. The second-order valence-electron chi connectivity index (χ2n) is 3.29. The van der Waals surface area contributed by atoms with Gasteiger partial charge in [-0.2, -0.15) is 4.98 Å². The summed E-state index contributed by atoms with van der Waals surface area (Å²) in [5.74, 6) is 0.719. The number of aromatic nitrogens is 1. The van der Waals surface area contributed by atoms with Gasteiger partial charge < -0.3 is 10.1 Å². The lowest BCUT2D eigenvalue weighted by Gasteiger charge is -2.07. The fourth-order valence-corrected chi connectivity index (χ4v) is 1.62. The summed E-state index contributed by atoms with van der Waals surface area (Å²) in [6.45, 7) is 0. The van der Waals surface area contributed by atoms with Gasteiger partial charge in [0.05, 0.1) is 0 Å². The normalized spacial score (nSPS) is 10.1. The molecule has 17 heavy (non-hydrogen) atoms. The Balaban J connectivity index is 2.27. The molecule has 2 aromatic rings. The molecule has 3 nitrogen and oxygen atoms in total. The third kappa shape index (κ3) is 2.94. The average molecular weight is 297 g/mol. The first-order valence-electron chi connectivity index (χ1n) is 4.97. The lowest BCUT2D eigenvalue weighted by Crippen LogP contribution is -1.95. The zero-order valence-electron chi connectivity index (χ0n) is 9.08. The number of anilines is 1. The quantitative estimate of drug-likeness (QED) is 0.935. The number of hydrogen-bond acceptors (Lipinski definition) is 3. The second kappa shape index (κ2) is 5.14. The summed E-state index contributed by atoms with van der Waals surface area (Å²) >= 11 is 3.26. The van der Waals surface area contributed by atoms with E-state index in [0.717, 1.165) is 4.47 Å². The van der Waals surface area contributed by atoms with Crippen molar-refractivity contribution in [3.63, 3.8) is 0 Å². The van der Waals surface area contributed by atoms with Crippen LogP contribution in [0.1, 0.15) is 0 Å². The van der Waals surface area contributed by atoms with E-state index in [2.05, 4.69) is 26.2 Å². The van der Waals surface area contributed by atoms with Crippen molar-refractivity contribution in [3.8, 4) is 11.6 Å². The summed E-state index contributed by atoms with van der Waals surface area (Å²) in [4.78, 5) is 4.14. The Hall–Kier alpha value is -1.62. The number of hydrogen-bond donors (Lipinski definition) is 1. The molecule has 0 spiro atoms. The van der Waals surface area contributed by atoms with E-state index in [1.807, 2.05) is 0 Å². The maximum atomic E-state index is 13.4. The first kappa shape index (κ1) is 11.9. The molecular formula is C12H10BrFN2O. The van der Waals surface area contributed by atoms with Crippen LogP contribution in [0.25, 0.3) is 0 Å². The second-order valence-corrected chi connectivity index (χ2v) is 4.20. The molecule has 2 rings (SSSR count). The van der Waals surface area contributed by atoms with Crippen molar-refractivity contribution in [3.05, 3.63) is 46.7 Å². The molecule has 1 N–H and O–H groups in total. The minimum atomic E-state index is -0.426. The lowest BCUT2D eigenvalue weighted by molar-refractivity contribution is 0.428. The van der Waals surface area contributed by atoms with Gasteiger partial charge in [0.15, 0.2) is 11.6 Å². The molecule has 0 fully saturated rings. The largest absolute Gasteiger partial charge is 0.436 e. The third-order valence-corrected chi connectivity index (χ3v) is 2.58. The van der Waals surface area contributed by atoms with Crippen LogP contribution in [0.4, 0.5) is 10.2 Å². The van der Waals surface area contributed by atoms with Crippen LogP contribution in [0.2, 0.25) is 0 Å². The van der Waals surface area contributed by atoms with Crippen molar-refractivity contribution in [2.75, 3.05) is 12.4 Å². The molecular weight excluding hydrogens is 287 g/mol. The number of benzene rings is 1. The van der Waals surface area contributed by atoms with Crippen LogP contribution in [0, 0.1) is 5.82 Å². The Morgan fingerprint density at radius 3 is 2.88 bits per heavy atom. The van der Waals surface area contributed by atoms with Crippen molar-refractivity contribution in [2.45, 2.75) is 0 Å². The van der Waals surface area contributed by atoms with E-state index in [1.54, 1.807) is 37.4 Å². The highest BCUT2D eigenvalue weighted by atomic mass is 79.9. The SMILES string of the molecule is CNc1cccc(Oc2cc(Br)ccc2F)n1. The molecule has 0 aliphatic carbocycles. The zero-order valence-corrected chi connectivity index (χ0v) is 10.7. The van der Waals surface area contributed by atoms with Gasteiger partial charge in [-0.15, -0.1) is 0 Å². The minimum absolute atomic E-state index is 0.139. The van der Waals surface area contributed by atoms with Gasteiger partial charge in [0.25, 0.3) is 0 Å². The molecule has 5 heteroatoms. The van der Waals surface area contributed by atoms with E-state index < -0.39 is 5.82 Å². The maximum Gasteiger partial charge on any atom is 0.221 e. The number of ether oxygens (including phenoxy) is 1. The predicted molar refractivity (Wildman–Crippen MR) is 68.0 cm³/mol. The third-order valence-electron chi connectivity index (χ3n) is 2.09. The molecule has 0 saturated heterocycles. The van der Waals surface area contributed by atoms with E-state index in [9.17, 15) is 4.39 Å². The van der Waals surface area contributed by atoms with Gasteiger partial charge in [-0.3, -0.25) is 0 Å². The Labute approximate surface area is 107 Å². The summed E-state index contributed by atoms with van der Waals surface area (Å²) in [5.41, 5.74) is 0. The number of halogens is 2. The van der Waals surface area contributed by atoms with Crippen LogP contribution in [-0.2, 0) is 0 Å². The smallest absolute Gasteiger partial charge is 0.221 e. The van der Waals surface area contributed by atoms with E-state index in [4.69, 9.17) is 4.74 Å². The van der Waals surface area contributed by atoms with Crippen molar-refractivity contribution in [1.82, 2.24) is 4.98 Å². The molecule has 1 aromatic heterocycles. The highest BCUT2D eigenvalue weighted by molar-refractivity contribution is 9.10. The van der Waals surface area contributed by atoms with Crippen LogP contribution in [-0.4, -0.2) is 12.0 Å². The van der Waals surface area contributed by atoms with Gasteiger partial charge in [-0.1, -0.05) is 22.0 Å². The van der Waals surface area contributed by atoms with Gasteiger partial charge >= 0.3 is 0 Å². The molecule has 0 amide bonds. The highest BCUT2D eigenvalue weighted by Crippen LogP contribution is 2.26. The van der Waals surface area contributed by atoms with Crippen molar-refractivity contribution >= 4 is 21.7 Å². The summed E-state index contributed by atoms with van der Waals surface area (Å²) in [5, 5.41) is 2.89. The molecule has 0 aliphatic heterocycles. The van der Waals surface area contributed by atoms with Crippen molar-refractivity contribution < 1.29 is 9.13 Å². The van der Waals surface area contributed by atoms with Gasteiger partial charge in [-0.05, 0) is 24.3 Å². The topological polar surface area (TPSA) is 34.1 Å².